The van der Waals surface area contributed by atoms with Gasteiger partial charge < -0.3 is 0 Å². The van der Waals surface area contributed by atoms with E-state index in [1.807, 2.05) is 28.8 Å². The van der Waals surface area contributed by atoms with Gasteiger partial charge in [0, 0.05) is 16.9 Å². The van der Waals surface area contributed by atoms with Crippen LogP contribution in [0.1, 0.15) is 26.6 Å². The summed E-state index contributed by atoms with van der Waals surface area (Å²) in [6.45, 7) is 6.35. The highest BCUT2D eigenvalue weighted by Gasteiger charge is 2.20. The molecule has 0 aliphatic rings. The maximum absolute atomic E-state index is 4.60. The molecule has 0 radical (unpaired) electrons. The number of hydrogen-bond acceptors (Lipinski definition) is 4. The van der Waals surface area contributed by atoms with Crippen LogP contribution in [0.25, 0.3) is 16.2 Å². The fraction of sp³-hybridized carbons (Fsp3) is 0.308. The van der Waals surface area contributed by atoms with Crippen LogP contribution in [0.5, 0.6) is 0 Å². The Labute approximate surface area is 109 Å². The smallest absolute Gasteiger partial charge is 0.215 e. The minimum absolute atomic E-state index is 0.0227. The number of imidazole rings is 1. The van der Waals surface area contributed by atoms with E-state index in [9.17, 15) is 0 Å². The number of nitrogens with zero attached hydrogens (tertiary/aromatic N) is 4. The van der Waals surface area contributed by atoms with E-state index in [1.165, 1.54) is 11.5 Å². The van der Waals surface area contributed by atoms with Crippen LogP contribution in [0.4, 0.5) is 0 Å². The summed E-state index contributed by atoms with van der Waals surface area (Å²) in [6.07, 6.45) is 1.80. The van der Waals surface area contributed by atoms with Crippen LogP contribution in [-0.2, 0) is 5.41 Å². The van der Waals surface area contributed by atoms with Crippen molar-refractivity contribution in [2.45, 2.75) is 26.2 Å². The fourth-order valence-corrected chi connectivity index (χ4v) is 2.57. The Kier molecular flexibility index (Phi) is 2.45. The number of fused-ring (bicyclic) bond motifs is 1. The van der Waals surface area contributed by atoms with Gasteiger partial charge in [0.25, 0.3) is 0 Å². The molecular weight excluding hydrogens is 244 g/mol. The molecule has 0 amide bonds. The summed E-state index contributed by atoms with van der Waals surface area (Å²) in [5.74, 6) is 0.875. The van der Waals surface area contributed by atoms with Gasteiger partial charge in [0.1, 0.15) is 12.2 Å². The molecule has 0 bridgehead atoms. The van der Waals surface area contributed by atoms with Gasteiger partial charge in [-0.05, 0) is 12.1 Å². The highest BCUT2D eigenvalue weighted by molar-refractivity contribution is 7.08. The second kappa shape index (κ2) is 3.88. The normalized spacial score (nSPS) is 12.2. The fourth-order valence-electron chi connectivity index (χ4n) is 1.73. The van der Waals surface area contributed by atoms with E-state index in [1.54, 1.807) is 6.33 Å². The summed E-state index contributed by atoms with van der Waals surface area (Å²) >= 11 is 1.41. The van der Waals surface area contributed by atoms with Gasteiger partial charge in [0.15, 0.2) is 0 Å². The van der Waals surface area contributed by atoms with Crippen LogP contribution in [0.2, 0.25) is 0 Å². The zero-order valence-corrected chi connectivity index (χ0v) is 11.4. The summed E-state index contributed by atoms with van der Waals surface area (Å²) in [5.41, 5.74) is 2.02. The molecule has 4 nitrogen and oxygen atoms in total. The third-order valence-electron chi connectivity index (χ3n) is 2.75. The van der Waals surface area contributed by atoms with E-state index >= 15 is 0 Å². The van der Waals surface area contributed by atoms with Crippen molar-refractivity contribution in [3.63, 3.8) is 0 Å². The van der Waals surface area contributed by atoms with Gasteiger partial charge in [-0.15, -0.1) is 0 Å². The van der Waals surface area contributed by atoms with E-state index in [2.05, 4.69) is 35.1 Å². The van der Waals surface area contributed by atoms with Gasteiger partial charge >= 0.3 is 0 Å². The summed E-state index contributed by atoms with van der Waals surface area (Å²) in [4.78, 5) is 8.97. The molecular formula is C13H14N4S. The summed E-state index contributed by atoms with van der Waals surface area (Å²) in [7, 11) is 0. The lowest BCUT2D eigenvalue weighted by Gasteiger charge is -2.12. The molecule has 0 aliphatic heterocycles. The standard InChI is InChI=1S/C13H14N4S/c1-13(2,3)11-15-12(18-16-11)17-8-14-9-6-4-5-7-10(9)17/h4-8H,1-3H3. The third-order valence-corrected chi connectivity index (χ3v) is 3.46. The number of benzene rings is 1. The number of para-hydroxylation sites is 2. The second-order valence-electron chi connectivity index (χ2n) is 5.25. The van der Waals surface area contributed by atoms with Crippen LogP contribution >= 0.6 is 11.5 Å². The predicted molar refractivity (Wildman–Crippen MR) is 73.2 cm³/mol. The van der Waals surface area contributed by atoms with Crippen LogP contribution in [0.15, 0.2) is 30.6 Å². The van der Waals surface area contributed by atoms with E-state index in [-0.39, 0.29) is 5.41 Å². The lowest BCUT2D eigenvalue weighted by molar-refractivity contribution is 0.554. The predicted octanol–water partition coefficient (Wildman–Crippen LogP) is 3.17. The first-order valence-electron chi connectivity index (χ1n) is 5.82. The Morgan fingerprint density at radius 2 is 1.94 bits per heavy atom. The minimum Gasteiger partial charge on any atom is -0.273 e. The maximum Gasteiger partial charge on any atom is 0.215 e. The molecule has 0 spiro atoms. The van der Waals surface area contributed by atoms with Crippen molar-refractivity contribution in [2.24, 2.45) is 0 Å². The van der Waals surface area contributed by atoms with E-state index in [0.29, 0.717) is 0 Å². The number of aromatic nitrogens is 4. The van der Waals surface area contributed by atoms with Crippen LogP contribution in [0, 0.1) is 0 Å². The SMILES string of the molecule is CC(C)(C)c1nsc(-n2cnc3ccccc32)n1. The second-order valence-corrected chi connectivity index (χ2v) is 5.98. The Balaban J connectivity index is 2.13. The molecule has 3 rings (SSSR count). The highest BCUT2D eigenvalue weighted by atomic mass is 32.1. The average molecular weight is 258 g/mol. The topological polar surface area (TPSA) is 43.6 Å². The molecule has 2 aromatic heterocycles. The molecule has 0 saturated carbocycles. The number of rotatable bonds is 1. The van der Waals surface area contributed by atoms with Gasteiger partial charge in [0.2, 0.25) is 5.13 Å². The van der Waals surface area contributed by atoms with Crippen molar-refractivity contribution in [3.8, 4) is 5.13 Å². The Hall–Kier alpha value is -1.75. The van der Waals surface area contributed by atoms with E-state index < -0.39 is 0 Å². The molecule has 0 aliphatic carbocycles. The molecule has 5 heteroatoms. The molecule has 0 saturated heterocycles. The van der Waals surface area contributed by atoms with Crippen LogP contribution in [-0.4, -0.2) is 18.9 Å². The van der Waals surface area contributed by atoms with Crippen molar-refractivity contribution in [2.75, 3.05) is 0 Å². The summed E-state index contributed by atoms with van der Waals surface area (Å²) in [6, 6.07) is 8.03. The largest absolute Gasteiger partial charge is 0.273 e. The Morgan fingerprint density at radius 1 is 1.17 bits per heavy atom. The molecule has 1 aromatic carbocycles. The van der Waals surface area contributed by atoms with Crippen molar-refractivity contribution in [1.29, 1.82) is 0 Å². The minimum atomic E-state index is -0.0227. The van der Waals surface area contributed by atoms with Gasteiger partial charge in [-0.3, -0.25) is 4.57 Å². The van der Waals surface area contributed by atoms with Gasteiger partial charge in [-0.25, -0.2) is 9.97 Å². The molecule has 0 N–H and O–H groups in total. The van der Waals surface area contributed by atoms with Gasteiger partial charge in [-0.1, -0.05) is 32.9 Å². The van der Waals surface area contributed by atoms with Crippen molar-refractivity contribution >= 4 is 22.6 Å². The Bertz CT molecular complexity index is 690. The van der Waals surface area contributed by atoms with E-state index in [0.717, 1.165) is 22.0 Å². The third kappa shape index (κ3) is 1.80. The zero-order chi connectivity index (χ0) is 12.8. The molecule has 2 heterocycles. The molecule has 3 aromatic rings. The van der Waals surface area contributed by atoms with Crippen molar-refractivity contribution in [3.05, 3.63) is 36.4 Å². The molecule has 0 atom stereocenters. The molecule has 18 heavy (non-hydrogen) atoms. The average Bonchev–Trinajstić information content (AvgIpc) is 2.94. The first-order chi connectivity index (χ1) is 8.55. The van der Waals surface area contributed by atoms with Crippen LogP contribution < -0.4 is 0 Å². The Morgan fingerprint density at radius 3 is 2.67 bits per heavy atom. The quantitative estimate of drug-likeness (QED) is 0.673. The molecule has 0 unspecified atom stereocenters. The lowest BCUT2D eigenvalue weighted by Crippen LogP contribution is -2.13. The van der Waals surface area contributed by atoms with Crippen molar-refractivity contribution in [1.82, 2.24) is 18.9 Å². The van der Waals surface area contributed by atoms with E-state index in [4.69, 9.17) is 0 Å². The van der Waals surface area contributed by atoms with Gasteiger partial charge in [-0.2, -0.15) is 4.37 Å². The van der Waals surface area contributed by atoms with Gasteiger partial charge in [0.05, 0.1) is 11.0 Å². The first kappa shape index (κ1) is 11.3. The number of hydrogen-bond donors (Lipinski definition) is 0. The lowest BCUT2D eigenvalue weighted by atomic mass is 9.96. The summed E-state index contributed by atoms with van der Waals surface area (Å²) < 4.78 is 6.42. The monoisotopic (exact) mass is 258 g/mol. The van der Waals surface area contributed by atoms with Crippen molar-refractivity contribution < 1.29 is 0 Å². The zero-order valence-electron chi connectivity index (χ0n) is 10.6. The first-order valence-corrected chi connectivity index (χ1v) is 6.60. The highest BCUT2D eigenvalue weighted by Crippen LogP contribution is 2.24. The maximum atomic E-state index is 4.60. The summed E-state index contributed by atoms with van der Waals surface area (Å²) in [5, 5.41) is 0.869. The molecule has 92 valence electrons. The van der Waals surface area contributed by atoms with Crippen LogP contribution in [0.3, 0.4) is 0 Å². The molecule has 0 fully saturated rings.